The van der Waals surface area contributed by atoms with Crippen molar-refractivity contribution in [1.29, 1.82) is 0 Å². The van der Waals surface area contributed by atoms with Gasteiger partial charge in [0.05, 0.1) is 17.2 Å². The summed E-state index contributed by atoms with van der Waals surface area (Å²) in [5.74, 6) is 0.533. The normalized spacial score (nSPS) is 18.8. The first-order chi connectivity index (χ1) is 16.5. The predicted molar refractivity (Wildman–Crippen MR) is 129 cm³/mol. The van der Waals surface area contributed by atoms with Gasteiger partial charge in [0, 0.05) is 48.4 Å². The van der Waals surface area contributed by atoms with Crippen LogP contribution in [0.1, 0.15) is 35.7 Å². The highest BCUT2D eigenvalue weighted by molar-refractivity contribution is 5.89. The van der Waals surface area contributed by atoms with Crippen LogP contribution in [0, 0.1) is 0 Å². The molecule has 2 unspecified atom stereocenters. The molecule has 2 aliphatic heterocycles. The largest absolute Gasteiger partial charge is 0.489 e. The highest BCUT2D eigenvalue weighted by Gasteiger charge is 2.45. The molecule has 1 amide bonds. The van der Waals surface area contributed by atoms with Gasteiger partial charge in [0.15, 0.2) is 0 Å². The number of aryl methyl sites for hydroxylation is 1. The number of carbonyl (C=O) groups is 1. The zero-order valence-corrected chi connectivity index (χ0v) is 18.8. The van der Waals surface area contributed by atoms with Crippen LogP contribution >= 0.6 is 0 Å². The van der Waals surface area contributed by atoms with Crippen molar-refractivity contribution in [3.63, 3.8) is 0 Å². The second-order valence-corrected chi connectivity index (χ2v) is 9.11. The molecule has 4 heterocycles. The van der Waals surface area contributed by atoms with Crippen LogP contribution in [0.25, 0.3) is 16.6 Å². The van der Waals surface area contributed by atoms with E-state index in [0.29, 0.717) is 12.4 Å². The summed E-state index contributed by atoms with van der Waals surface area (Å²) in [6, 6.07) is 19.1. The standard InChI is InChI=1S/C27H25N3O4/c1-28-23-13-18(29-12-11-20(15-25(29)31)34-16-17-5-3-2-4-6-17)7-9-21(23)26-22-10-8-19(14-24(26)28)30(22)27(32)33/h2-7,9,11-13,15,19,22H,8,10,14,16H2,1H3,(H,32,33). The van der Waals surface area contributed by atoms with E-state index < -0.39 is 6.09 Å². The van der Waals surface area contributed by atoms with E-state index in [4.69, 9.17) is 4.74 Å². The molecule has 2 aromatic heterocycles. The molecule has 0 spiro atoms. The number of amides is 1. The number of aromatic nitrogens is 2. The molecule has 7 heteroatoms. The smallest absolute Gasteiger partial charge is 0.408 e. The molecule has 0 radical (unpaired) electrons. The number of ether oxygens (including phenoxy) is 1. The number of rotatable bonds is 4. The van der Waals surface area contributed by atoms with Crippen LogP contribution in [0.2, 0.25) is 0 Å². The Labute approximate surface area is 196 Å². The lowest BCUT2D eigenvalue weighted by Crippen LogP contribution is -2.41. The number of pyridine rings is 1. The Morgan fingerprint density at radius 1 is 1.09 bits per heavy atom. The zero-order chi connectivity index (χ0) is 23.4. The third-order valence-electron chi connectivity index (χ3n) is 7.25. The lowest BCUT2D eigenvalue weighted by Gasteiger charge is -2.33. The van der Waals surface area contributed by atoms with Crippen molar-refractivity contribution in [1.82, 2.24) is 14.0 Å². The second kappa shape index (κ2) is 7.80. The molecule has 0 saturated carbocycles. The molecule has 172 valence electrons. The van der Waals surface area contributed by atoms with Crippen molar-refractivity contribution >= 4 is 17.0 Å². The number of benzene rings is 2. The lowest BCUT2D eigenvalue weighted by atomic mass is 9.97. The first-order valence-electron chi connectivity index (χ1n) is 11.5. The van der Waals surface area contributed by atoms with Gasteiger partial charge < -0.3 is 14.4 Å². The van der Waals surface area contributed by atoms with E-state index in [0.717, 1.165) is 47.0 Å². The summed E-state index contributed by atoms with van der Waals surface area (Å²) in [6.07, 6.45) is 3.38. The summed E-state index contributed by atoms with van der Waals surface area (Å²) in [5, 5.41) is 10.8. The summed E-state index contributed by atoms with van der Waals surface area (Å²) >= 11 is 0. The monoisotopic (exact) mass is 455 g/mol. The SMILES string of the molecule is Cn1c2c(c3ccc(-n4ccc(OCc5ccccc5)cc4=O)cc31)C1CCC(C2)N1C(=O)O. The third kappa shape index (κ3) is 3.19. The highest BCUT2D eigenvalue weighted by Crippen LogP contribution is 2.47. The van der Waals surface area contributed by atoms with Gasteiger partial charge in [0.2, 0.25) is 0 Å². The Kier molecular flexibility index (Phi) is 4.72. The van der Waals surface area contributed by atoms with Crippen LogP contribution in [0.5, 0.6) is 5.75 Å². The first-order valence-corrected chi connectivity index (χ1v) is 11.5. The Morgan fingerprint density at radius 2 is 1.91 bits per heavy atom. The second-order valence-electron chi connectivity index (χ2n) is 9.11. The van der Waals surface area contributed by atoms with Crippen LogP contribution in [-0.2, 0) is 20.1 Å². The van der Waals surface area contributed by atoms with Crippen LogP contribution in [0.15, 0.2) is 71.7 Å². The van der Waals surface area contributed by atoms with Gasteiger partial charge in [-0.2, -0.15) is 0 Å². The molecule has 1 fully saturated rings. The molecule has 2 aliphatic rings. The van der Waals surface area contributed by atoms with Crippen LogP contribution < -0.4 is 10.3 Å². The van der Waals surface area contributed by atoms with E-state index >= 15 is 0 Å². The molecular weight excluding hydrogens is 430 g/mol. The van der Waals surface area contributed by atoms with E-state index in [1.54, 1.807) is 21.7 Å². The maximum absolute atomic E-state index is 12.9. The fourth-order valence-electron chi connectivity index (χ4n) is 5.66. The molecule has 1 saturated heterocycles. The number of carboxylic acid groups (broad SMARTS) is 1. The van der Waals surface area contributed by atoms with Crippen molar-refractivity contribution in [2.24, 2.45) is 7.05 Å². The van der Waals surface area contributed by atoms with E-state index in [1.165, 1.54) is 11.8 Å². The quantitative estimate of drug-likeness (QED) is 0.486. The summed E-state index contributed by atoms with van der Waals surface area (Å²) in [7, 11) is 2.03. The topological polar surface area (TPSA) is 76.7 Å². The first kappa shape index (κ1) is 20.6. The summed E-state index contributed by atoms with van der Waals surface area (Å²) in [5.41, 5.74) is 4.98. The Balaban J connectivity index is 1.33. The maximum atomic E-state index is 12.9. The average Bonchev–Trinajstić information content (AvgIpc) is 3.31. The molecule has 7 nitrogen and oxygen atoms in total. The van der Waals surface area contributed by atoms with E-state index in [1.807, 2.05) is 55.6 Å². The number of fused-ring (bicyclic) bond motifs is 6. The Bertz CT molecular complexity index is 1470. The van der Waals surface area contributed by atoms with Crippen molar-refractivity contribution < 1.29 is 14.6 Å². The van der Waals surface area contributed by atoms with Crippen LogP contribution in [-0.4, -0.2) is 31.3 Å². The molecule has 2 atom stereocenters. The van der Waals surface area contributed by atoms with E-state index in [9.17, 15) is 14.7 Å². The third-order valence-corrected chi connectivity index (χ3v) is 7.25. The van der Waals surface area contributed by atoms with Crippen LogP contribution in [0.4, 0.5) is 4.79 Å². The highest BCUT2D eigenvalue weighted by atomic mass is 16.5. The fraction of sp³-hybridized carbons (Fsp3) is 0.259. The van der Waals surface area contributed by atoms with E-state index in [2.05, 4.69) is 4.57 Å². The number of hydrogen-bond donors (Lipinski definition) is 1. The van der Waals surface area contributed by atoms with E-state index in [-0.39, 0.29) is 17.6 Å². The van der Waals surface area contributed by atoms with Gasteiger partial charge in [0.1, 0.15) is 12.4 Å². The summed E-state index contributed by atoms with van der Waals surface area (Å²) in [4.78, 5) is 26.4. The van der Waals surface area contributed by atoms with Crippen LogP contribution in [0.3, 0.4) is 0 Å². The molecule has 2 aromatic carbocycles. The van der Waals surface area contributed by atoms with Gasteiger partial charge in [-0.25, -0.2) is 4.79 Å². The van der Waals surface area contributed by atoms with Gasteiger partial charge in [0.25, 0.3) is 5.56 Å². The minimum atomic E-state index is -0.840. The minimum Gasteiger partial charge on any atom is -0.489 e. The van der Waals surface area contributed by atoms with Crippen molar-refractivity contribution in [2.75, 3.05) is 0 Å². The minimum absolute atomic E-state index is 0.0449. The van der Waals surface area contributed by atoms with Gasteiger partial charge in [-0.15, -0.1) is 0 Å². The molecule has 0 aliphatic carbocycles. The van der Waals surface area contributed by atoms with Crippen molar-refractivity contribution in [3.05, 3.63) is 94.0 Å². The fourth-order valence-corrected chi connectivity index (χ4v) is 5.66. The maximum Gasteiger partial charge on any atom is 0.408 e. The van der Waals surface area contributed by atoms with Gasteiger partial charge in [-0.3, -0.25) is 14.3 Å². The molecule has 1 N–H and O–H groups in total. The molecule has 2 bridgehead atoms. The average molecular weight is 456 g/mol. The van der Waals surface area contributed by atoms with Gasteiger partial charge in [-0.1, -0.05) is 36.4 Å². The van der Waals surface area contributed by atoms with Crippen molar-refractivity contribution in [3.8, 4) is 11.4 Å². The number of hydrogen-bond acceptors (Lipinski definition) is 3. The molecule has 6 rings (SSSR count). The molecule has 4 aromatic rings. The van der Waals surface area contributed by atoms with Gasteiger partial charge in [-0.05, 0) is 36.6 Å². The Hall–Kier alpha value is -4.00. The molecule has 34 heavy (non-hydrogen) atoms. The number of nitrogens with zero attached hydrogens (tertiary/aromatic N) is 3. The predicted octanol–water partition coefficient (Wildman–Crippen LogP) is 4.65. The Morgan fingerprint density at radius 3 is 2.68 bits per heavy atom. The lowest BCUT2D eigenvalue weighted by molar-refractivity contribution is 0.116. The van der Waals surface area contributed by atoms with Crippen molar-refractivity contribution in [2.45, 2.75) is 38.0 Å². The zero-order valence-electron chi connectivity index (χ0n) is 18.8. The summed E-state index contributed by atoms with van der Waals surface area (Å²) < 4.78 is 9.57. The summed E-state index contributed by atoms with van der Waals surface area (Å²) in [6.45, 7) is 0.403. The van der Waals surface area contributed by atoms with Gasteiger partial charge >= 0.3 is 6.09 Å². The molecular formula is C27H25N3O4.